The van der Waals surface area contributed by atoms with Crippen LogP contribution in [0, 0.1) is 23.2 Å². The quantitative estimate of drug-likeness (QED) is 0.651. The summed E-state index contributed by atoms with van der Waals surface area (Å²) in [5.74, 6) is 2.47. The molecule has 2 N–H and O–H groups in total. The fourth-order valence-electron chi connectivity index (χ4n) is 6.17. The lowest BCUT2D eigenvalue weighted by molar-refractivity contribution is -0.146. The fourth-order valence-corrected chi connectivity index (χ4v) is 6.89. The van der Waals surface area contributed by atoms with E-state index >= 15 is 0 Å². The lowest BCUT2D eigenvalue weighted by atomic mass is 9.49. The van der Waals surface area contributed by atoms with Gasteiger partial charge in [-0.2, -0.15) is 0 Å². The number of carbonyl (C=O) groups is 2. The number of carbonyl (C=O) groups excluding carboxylic acids is 2. The summed E-state index contributed by atoms with van der Waals surface area (Å²) < 4.78 is 0. The lowest BCUT2D eigenvalue weighted by Crippen LogP contribution is -2.53. The molecule has 7 heteroatoms. The van der Waals surface area contributed by atoms with Gasteiger partial charge in [0.05, 0.1) is 5.69 Å². The van der Waals surface area contributed by atoms with Gasteiger partial charge in [-0.15, -0.1) is 11.3 Å². The van der Waals surface area contributed by atoms with Crippen LogP contribution < -0.4 is 10.6 Å². The van der Waals surface area contributed by atoms with Crippen molar-refractivity contribution >= 4 is 28.3 Å². The first-order valence-corrected chi connectivity index (χ1v) is 11.9. The minimum Gasteiger partial charge on any atom is -0.356 e. The fraction of sp³-hybridized carbons (Fsp3) is 0.565. The summed E-state index contributed by atoms with van der Waals surface area (Å²) in [5, 5.41) is 8.48. The Morgan fingerprint density at radius 1 is 1.07 bits per heavy atom. The molecule has 0 unspecified atom stereocenters. The second kappa shape index (κ2) is 8.10. The molecule has 6 nitrogen and oxygen atoms in total. The van der Waals surface area contributed by atoms with E-state index in [1.165, 1.54) is 30.6 Å². The van der Waals surface area contributed by atoms with Gasteiger partial charge in [0.2, 0.25) is 11.8 Å². The number of amides is 2. The van der Waals surface area contributed by atoms with Crippen LogP contribution in [0.2, 0.25) is 0 Å². The van der Waals surface area contributed by atoms with Gasteiger partial charge in [-0.3, -0.25) is 14.6 Å². The number of aromatic nitrogens is 2. The van der Waals surface area contributed by atoms with Gasteiger partial charge in [0, 0.05) is 30.0 Å². The average Bonchev–Trinajstić information content (AvgIpc) is 3.19. The zero-order chi connectivity index (χ0) is 20.6. The molecule has 4 aliphatic rings. The molecule has 2 amide bonds. The Labute approximate surface area is 180 Å². The van der Waals surface area contributed by atoms with Gasteiger partial charge in [-0.25, -0.2) is 4.98 Å². The smallest absolute Gasteiger partial charge is 0.226 e. The van der Waals surface area contributed by atoms with E-state index in [9.17, 15) is 9.59 Å². The van der Waals surface area contributed by atoms with E-state index in [1.54, 1.807) is 6.20 Å². The predicted molar refractivity (Wildman–Crippen MR) is 117 cm³/mol. The number of pyridine rings is 1. The van der Waals surface area contributed by atoms with Crippen molar-refractivity contribution in [2.75, 3.05) is 11.9 Å². The number of nitrogens with one attached hydrogen (secondary N) is 2. The Hall–Kier alpha value is -2.28. The molecule has 2 heterocycles. The molecule has 0 saturated heterocycles. The highest BCUT2D eigenvalue weighted by Gasteiger charge is 2.54. The van der Waals surface area contributed by atoms with Crippen LogP contribution in [0.25, 0.3) is 11.4 Å². The summed E-state index contributed by atoms with van der Waals surface area (Å²) in [6.45, 7) is 0.561. The van der Waals surface area contributed by atoms with E-state index < -0.39 is 0 Å². The van der Waals surface area contributed by atoms with Crippen LogP contribution in [-0.2, 0) is 9.59 Å². The van der Waals surface area contributed by atoms with E-state index in [0.29, 0.717) is 24.5 Å². The van der Waals surface area contributed by atoms with Crippen molar-refractivity contribution in [2.45, 2.75) is 51.4 Å². The lowest BCUT2D eigenvalue weighted by Gasteiger charge is -2.55. The standard InChI is InChI=1S/C23H28N4O2S/c28-20(27-22-26-19(14-30-22)18-4-1-2-6-24-18)5-3-7-25-21(29)23-11-15-8-16(12-23)10-17(9-15)13-23/h1-2,4,6,14-17H,3,5,7-13H2,(H,25,29)(H,26,27,28). The molecular formula is C23H28N4O2S. The highest BCUT2D eigenvalue weighted by atomic mass is 32.1. The number of nitrogens with zero attached hydrogens (tertiary/aromatic N) is 2. The molecular weight excluding hydrogens is 396 g/mol. The summed E-state index contributed by atoms with van der Waals surface area (Å²) in [4.78, 5) is 33.9. The molecule has 30 heavy (non-hydrogen) atoms. The van der Waals surface area contributed by atoms with Crippen LogP contribution in [0.5, 0.6) is 0 Å². The number of rotatable bonds is 7. The van der Waals surface area contributed by atoms with Crippen molar-refractivity contribution < 1.29 is 9.59 Å². The Morgan fingerprint density at radius 2 is 1.80 bits per heavy atom. The number of hydrogen-bond donors (Lipinski definition) is 2. The molecule has 2 aromatic heterocycles. The van der Waals surface area contributed by atoms with Gasteiger partial charge in [-0.1, -0.05) is 6.07 Å². The summed E-state index contributed by atoms with van der Waals surface area (Å²) >= 11 is 1.40. The summed E-state index contributed by atoms with van der Waals surface area (Å²) in [5.41, 5.74) is 1.44. The third-order valence-electron chi connectivity index (χ3n) is 7.06. The second-order valence-corrected chi connectivity index (χ2v) is 10.2. The van der Waals surface area contributed by atoms with Crippen LogP contribution in [0.1, 0.15) is 51.4 Å². The van der Waals surface area contributed by atoms with E-state index in [-0.39, 0.29) is 17.2 Å². The minimum atomic E-state index is -0.111. The minimum absolute atomic E-state index is 0.0685. The molecule has 0 spiro atoms. The SMILES string of the molecule is O=C(CCCNC(=O)C12CC3CC(CC(C3)C1)C2)Nc1nc(-c2ccccn2)cs1. The summed E-state index contributed by atoms with van der Waals surface area (Å²) in [6.07, 6.45) is 9.99. The van der Waals surface area contributed by atoms with Gasteiger partial charge in [0.1, 0.15) is 5.69 Å². The third kappa shape index (κ3) is 4.00. The van der Waals surface area contributed by atoms with Gasteiger partial charge in [-0.05, 0) is 74.8 Å². The normalized spacial score (nSPS) is 29.0. The average molecular weight is 425 g/mol. The van der Waals surface area contributed by atoms with Crippen LogP contribution in [-0.4, -0.2) is 28.3 Å². The molecule has 4 fully saturated rings. The first-order chi connectivity index (χ1) is 14.6. The van der Waals surface area contributed by atoms with Crippen LogP contribution in [0.15, 0.2) is 29.8 Å². The maximum Gasteiger partial charge on any atom is 0.226 e. The zero-order valence-electron chi connectivity index (χ0n) is 17.1. The van der Waals surface area contributed by atoms with Crippen molar-refractivity contribution in [2.24, 2.45) is 23.2 Å². The highest BCUT2D eigenvalue weighted by Crippen LogP contribution is 2.60. The molecule has 4 bridgehead atoms. The molecule has 0 radical (unpaired) electrons. The Morgan fingerprint density at radius 3 is 2.47 bits per heavy atom. The number of anilines is 1. The van der Waals surface area contributed by atoms with Crippen LogP contribution in [0.3, 0.4) is 0 Å². The van der Waals surface area contributed by atoms with Crippen LogP contribution >= 0.6 is 11.3 Å². The molecule has 158 valence electrons. The summed E-state index contributed by atoms with van der Waals surface area (Å²) in [6, 6.07) is 5.67. The van der Waals surface area contributed by atoms with Crippen molar-refractivity contribution in [3.63, 3.8) is 0 Å². The Balaban J connectivity index is 1.06. The molecule has 0 atom stereocenters. The Bertz CT molecular complexity index is 891. The molecule has 6 rings (SSSR count). The monoisotopic (exact) mass is 424 g/mol. The van der Waals surface area contributed by atoms with E-state index in [2.05, 4.69) is 20.6 Å². The maximum absolute atomic E-state index is 12.9. The first-order valence-electron chi connectivity index (χ1n) is 11.0. The van der Waals surface area contributed by atoms with Crippen molar-refractivity contribution in [1.29, 1.82) is 0 Å². The van der Waals surface area contributed by atoms with Crippen molar-refractivity contribution in [3.05, 3.63) is 29.8 Å². The van der Waals surface area contributed by atoms with E-state index in [1.807, 2.05) is 23.6 Å². The van der Waals surface area contributed by atoms with Crippen LogP contribution in [0.4, 0.5) is 5.13 Å². The van der Waals surface area contributed by atoms with E-state index in [0.717, 1.165) is 48.4 Å². The predicted octanol–water partition coefficient (Wildman–Crippen LogP) is 4.26. The first kappa shape index (κ1) is 19.7. The largest absolute Gasteiger partial charge is 0.356 e. The molecule has 2 aromatic rings. The van der Waals surface area contributed by atoms with Gasteiger partial charge in [0.25, 0.3) is 0 Å². The molecule has 4 saturated carbocycles. The van der Waals surface area contributed by atoms with Gasteiger partial charge in [0.15, 0.2) is 5.13 Å². The molecule has 0 aromatic carbocycles. The van der Waals surface area contributed by atoms with Gasteiger partial charge < -0.3 is 10.6 Å². The maximum atomic E-state index is 12.9. The molecule has 0 aliphatic heterocycles. The Kier molecular flexibility index (Phi) is 5.31. The van der Waals surface area contributed by atoms with Gasteiger partial charge >= 0.3 is 0 Å². The van der Waals surface area contributed by atoms with Crippen molar-refractivity contribution in [3.8, 4) is 11.4 Å². The number of hydrogen-bond acceptors (Lipinski definition) is 5. The zero-order valence-corrected chi connectivity index (χ0v) is 17.9. The van der Waals surface area contributed by atoms with Crippen molar-refractivity contribution in [1.82, 2.24) is 15.3 Å². The third-order valence-corrected chi connectivity index (χ3v) is 7.82. The second-order valence-electron chi connectivity index (χ2n) is 9.36. The highest BCUT2D eigenvalue weighted by molar-refractivity contribution is 7.14. The topological polar surface area (TPSA) is 84.0 Å². The summed E-state index contributed by atoms with van der Waals surface area (Å²) in [7, 11) is 0. The molecule has 4 aliphatic carbocycles. The number of thiazole rings is 1. The van der Waals surface area contributed by atoms with E-state index in [4.69, 9.17) is 0 Å².